The fourth-order valence-corrected chi connectivity index (χ4v) is 1.86. The summed E-state index contributed by atoms with van der Waals surface area (Å²) in [6, 6.07) is 5.21. The van der Waals surface area contributed by atoms with Crippen molar-refractivity contribution in [1.82, 2.24) is 0 Å². The van der Waals surface area contributed by atoms with E-state index in [0.29, 0.717) is 16.2 Å². The average Bonchev–Trinajstić information content (AvgIpc) is 2.45. The number of carbonyl (C=O) groups excluding carboxylic acids is 2. The number of allylic oxidation sites excluding steroid dienone is 2. The highest BCUT2D eigenvalue weighted by Gasteiger charge is 2.12. The van der Waals surface area contributed by atoms with E-state index in [1.54, 1.807) is 18.2 Å². The van der Waals surface area contributed by atoms with Crippen LogP contribution in [0.5, 0.6) is 0 Å². The first-order valence-electron chi connectivity index (χ1n) is 5.49. The zero-order valence-corrected chi connectivity index (χ0v) is 13.8. The molecule has 6 heteroatoms. The van der Waals surface area contributed by atoms with Gasteiger partial charge in [0.05, 0.1) is 24.8 Å². The summed E-state index contributed by atoms with van der Waals surface area (Å²) in [7, 11) is 2.56. The number of hydrogen-bond donors (Lipinski definition) is 0. The molecule has 0 atom stereocenters. The second kappa shape index (κ2) is 8.06. The van der Waals surface area contributed by atoms with Crippen LogP contribution in [0.15, 0.2) is 36.4 Å². The Bertz CT molecular complexity index is 579. The van der Waals surface area contributed by atoms with Crippen LogP contribution in [0.25, 0.3) is 5.57 Å². The van der Waals surface area contributed by atoms with Gasteiger partial charge >= 0.3 is 11.9 Å². The lowest BCUT2D eigenvalue weighted by Crippen LogP contribution is -2.04. The third-order valence-corrected chi connectivity index (χ3v) is 3.90. The molecule has 0 bridgehead atoms. The van der Waals surface area contributed by atoms with Crippen molar-refractivity contribution in [3.63, 3.8) is 0 Å². The molecular formula is C14H12ClIO4. The SMILES string of the molecule is COC(=O)/C=C\C=C(\C(=O)OC)c1ccc(I)c(Cl)c1. The lowest BCUT2D eigenvalue weighted by molar-refractivity contribution is -0.135. The standard InChI is InChI=1S/C14H12ClIO4/c1-19-13(17)5-3-4-10(14(18)20-2)9-6-7-12(16)11(15)8-9/h3-8H,1-2H3/b5-3-,10-4+. The van der Waals surface area contributed by atoms with Gasteiger partial charge in [-0.1, -0.05) is 23.7 Å². The molecule has 0 saturated carbocycles. The van der Waals surface area contributed by atoms with E-state index in [4.69, 9.17) is 16.3 Å². The summed E-state index contributed by atoms with van der Waals surface area (Å²) in [6.45, 7) is 0. The molecule has 0 heterocycles. The van der Waals surface area contributed by atoms with Gasteiger partial charge in [-0.2, -0.15) is 0 Å². The van der Waals surface area contributed by atoms with Crippen LogP contribution >= 0.6 is 34.2 Å². The Labute approximate surface area is 135 Å². The highest BCUT2D eigenvalue weighted by atomic mass is 127. The summed E-state index contributed by atoms with van der Waals surface area (Å²) < 4.78 is 10.1. The highest BCUT2D eigenvalue weighted by Crippen LogP contribution is 2.24. The van der Waals surface area contributed by atoms with Crippen molar-refractivity contribution in [2.24, 2.45) is 0 Å². The molecule has 4 nitrogen and oxygen atoms in total. The number of halogens is 2. The molecule has 0 aliphatic heterocycles. The molecule has 20 heavy (non-hydrogen) atoms. The summed E-state index contributed by atoms with van der Waals surface area (Å²) in [5.41, 5.74) is 0.905. The monoisotopic (exact) mass is 406 g/mol. The maximum absolute atomic E-state index is 11.8. The smallest absolute Gasteiger partial charge is 0.338 e. The van der Waals surface area contributed by atoms with Crippen molar-refractivity contribution in [2.45, 2.75) is 0 Å². The van der Waals surface area contributed by atoms with Crippen LogP contribution in [0, 0.1) is 3.57 Å². The molecule has 1 rings (SSSR count). The van der Waals surface area contributed by atoms with E-state index >= 15 is 0 Å². The predicted molar refractivity (Wildman–Crippen MR) is 85.3 cm³/mol. The summed E-state index contributed by atoms with van der Waals surface area (Å²) in [6.07, 6.45) is 4.10. The van der Waals surface area contributed by atoms with Crippen molar-refractivity contribution in [1.29, 1.82) is 0 Å². The Balaban J connectivity index is 3.15. The Morgan fingerprint density at radius 2 is 1.95 bits per heavy atom. The van der Waals surface area contributed by atoms with Gasteiger partial charge in [0.1, 0.15) is 0 Å². The van der Waals surface area contributed by atoms with Gasteiger partial charge < -0.3 is 9.47 Å². The van der Waals surface area contributed by atoms with Crippen molar-refractivity contribution in [3.05, 3.63) is 50.6 Å². The third-order valence-electron chi connectivity index (χ3n) is 2.33. The van der Waals surface area contributed by atoms with Crippen LogP contribution in [0.3, 0.4) is 0 Å². The molecule has 0 spiro atoms. The number of esters is 2. The first kappa shape index (κ1) is 16.7. The molecule has 0 aliphatic carbocycles. The van der Waals surface area contributed by atoms with Crippen molar-refractivity contribution in [2.75, 3.05) is 14.2 Å². The molecule has 0 aromatic heterocycles. The minimum absolute atomic E-state index is 0.297. The third kappa shape index (κ3) is 4.64. The van der Waals surface area contributed by atoms with Crippen LogP contribution in [0.1, 0.15) is 5.56 Å². The van der Waals surface area contributed by atoms with Crippen LogP contribution < -0.4 is 0 Å². The minimum Gasteiger partial charge on any atom is -0.466 e. The predicted octanol–water partition coefficient (Wildman–Crippen LogP) is 3.23. The van der Waals surface area contributed by atoms with Crippen molar-refractivity contribution in [3.8, 4) is 0 Å². The maximum atomic E-state index is 11.8. The van der Waals surface area contributed by atoms with Crippen molar-refractivity contribution >= 4 is 51.7 Å². The van der Waals surface area contributed by atoms with E-state index in [-0.39, 0.29) is 0 Å². The van der Waals surface area contributed by atoms with Gasteiger partial charge in [0.25, 0.3) is 0 Å². The Morgan fingerprint density at radius 1 is 1.25 bits per heavy atom. The lowest BCUT2D eigenvalue weighted by atomic mass is 10.1. The van der Waals surface area contributed by atoms with Gasteiger partial charge in [0, 0.05) is 9.65 Å². The number of carbonyl (C=O) groups is 2. The topological polar surface area (TPSA) is 52.6 Å². The molecule has 0 radical (unpaired) electrons. The first-order chi connectivity index (χ1) is 9.49. The number of methoxy groups -OCH3 is 2. The number of hydrogen-bond acceptors (Lipinski definition) is 4. The van der Waals surface area contributed by atoms with Crippen LogP contribution in [-0.4, -0.2) is 26.2 Å². The van der Waals surface area contributed by atoms with E-state index in [9.17, 15) is 9.59 Å². The minimum atomic E-state index is -0.517. The molecule has 0 unspecified atom stereocenters. The van der Waals surface area contributed by atoms with Gasteiger partial charge in [-0.25, -0.2) is 9.59 Å². The van der Waals surface area contributed by atoms with Crippen LogP contribution in [-0.2, 0) is 19.1 Å². The second-order valence-electron chi connectivity index (χ2n) is 3.58. The number of ether oxygens (including phenoxy) is 2. The first-order valence-corrected chi connectivity index (χ1v) is 6.95. The van der Waals surface area contributed by atoms with Gasteiger partial charge in [-0.05, 0) is 46.4 Å². The summed E-state index contributed by atoms with van der Waals surface area (Å²) in [5.74, 6) is -1.03. The normalized spacial score (nSPS) is 11.5. The molecule has 0 amide bonds. The molecule has 0 aliphatic rings. The zero-order valence-electron chi connectivity index (χ0n) is 10.9. The van der Waals surface area contributed by atoms with Gasteiger partial charge in [0.15, 0.2) is 0 Å². The van der Waals surface area contributed by atoms with Crippen LogP contribution in [0.2, 0.25) is 5.02 Å². The fourth-order valence-electron chi connectivity index (χ4n) is 1.35. The Hall–Kier alpha value is -1.34. The largest absolute Gasteiger partial charge is 0.466 e. The van der Waals surface area contributed by atoms with E-state index in [2.05, 4.69) is 27.3 Å². The molecule has 0 saturated heterocycles. The quantitative estimate of drug-likeness (QED) is 0.333. The molecule has 1 aromatic carbocycles. The average molecular weight is 407 g/mol. The molecule has 106 valence electrons. The highest BCUT2D eigenvalue weighted by molar-refractivity contribution is 14.1. The number of benzene rings is 1. The molecule has 0 N–H and O–H groups in total. The molecular weight excluding hydrogens is 395 g/mol. The van der Waals surface area contributed by atoms with Crippen molar-refractivity contribution < 1.29 is 19.1 Å². The van der Waals surface area contributed by atoms with E-state index in [1.807, 2.05) is 0 Å². The summed E-state index contributed by atoms with van der Waals surface area (Å²) >= 11 is 8.12. The number of rotatable bonds is 4. The van der Waals surface area contributed by atoms with Gasteiger partial charge in [0.2, 0.25) is 0 Å². The molecule has 0 fully saturated rings. The zero-order chi connectivity index (χ0) is 15.1. The Kier molecular flexibility index (Phi) is 6.74. The van der Waals surface area contributed by atoms with Crippen LogP contribution in [0.4, 0.5) is 0 Å². The Morgan fingerprint density at radius 3 is 2.50 bits per heavy atom. The van der Waals surface area contributed by atoms with E-state index in [0.717, 1.165) is 3.57 Å². The maximum Gasteiger partial charge on any atom is 0.338 e. The van der Waals surface area contributed by atoms with E-state index in [1.165, 1.54) is 32.4 Å². The summed E-state index contributed by atoms with van der Waals surface area (Å²) in [5, 5.41) is 0.537. The van der Waals surface area contributed by atoms with Gasteiger partial charge in [-0.15, -0.1) is 0 Å². The van der Waals surface area contributed by atoms with E-state index < -0.39 is 11.9 Å². The molecule has 1 aromatic rings. The lowest BCUT2D eigenvalue weighted by Gasteiger charge is -2.06. The fraction of sp³-hybridized carbons (Fsp3) is 0.143. The van der Waals surface area contributed by atoms with Gasteiger partial charge in [-0.3, -0.25) is 0 Å². The second-order valence-corrected chi connectivity index (χ2v) is 5.15. The summed E-state index contributed by atoms with van der Waals surface area (Å²) in [4.78, 5) is 22.8.